The Morgan fingerprint density at radius 1 is 0.938 bits per heavy atom. The molecule has 1 saturated carbocycles. The molecular weight excluding hydrogens is 617 g/mol. The fourth-order valence-electron chi connectivity index (χ4n) is 8.53. The third-order valence-electron chi connectivity index (χ3n) is 10.6. The van der Waals surface area contributed by atoms with E-state index >= 15 is 9.18 Å². The lowest BCUT2D eigenvalue weighted by Crippen LogP contribution is -2.53. The zero-order valence-electron chi connectivity index (χ0n) is 26.1. The van der Waals surface area contributed by atoms with Gasteiger partial charge in [0, 0.05) is 24.4 Å². The van der Waals surface area contributed by atoms with Crippen molar-refractivity contribution in [1.29, 1.82) is 0 Å². The minimum atomic E-state index is -1.64. The zero-order chi connectivity index (χ0) is 33.9. The summed E-state index contributed by atoms with van der Waals surface area (Å²) in [6.07, 6.45) is 1.92. The molecule has 0 radical (unpaired) electrons. The number of nitrogens with zero attached hydrogens (tertiary/aromatic N) is 2. The average molecular weight is 652 g/mol. The van der Waals surface area contributed by atoms with Gasteiger partial charge in [0.1, 0.15) is 0 Å². The van der Waals surface area contributed by atoms with Gasteiger partial charge in [0.05, 0.1) is 28.9 Å². The number of halogens is 1. The second-order valence-electron chi connectivity index (χ2n) is 13.1. The molecule has 48 heavy (non-hydrogen) atoms. The number of hydrogen-bond donors (Lipinski definition) is 3. The van der Waals surface area contributed by atoms with E-state index in [2.05, 4.69) is 5.43 Å². The third-order valence-corrected chi connectivity index (χ3v) is 10.6. The van der Waals surface area contributed by atoms with E-state index in [9.17, 15) is 24.3 Å². The number of carboxylic acid groups (broad SMARTS) is 1. The van der Waals surface area contributed by atoms with E-state index in [4.69, 9.17) is 5.11 Å². The van der Waals surface area contributed by atoms with Crippen molar-refractivity contribution < 1.29 is 38.6 Å². The second kappa shape index (κ2) is 11.7. The number of hydrogen-bond acceptors (Lipinski definition) is 7. The first-order chi connectivity index (χ1) is 23.0. The van der Waals surface area contributed by atoms with E-state index in [0.29, 0.717) is 16.8 Å². The number of aliphatic carboxylic acids is 1. The molecule has 4 aliphatic rings. The lowest BCUT2D eigenvalue weighted by Gasteiger charge is -2.50. The van der Waals surface area contributed by atoms with Crippen molar-refractivity contribution in [3.63, 3.8) is 0 Å². The van der Waals surface area contributed by atoms with Crippen LogP contribution in [0.1, 0.15) is 48.3 Å². The van der Waals surface area contributed by atoms with E-state index in [0.717, 1.165) is 21.5 Å². The number of nitrogens with one attached hydrogen (secondary N) is 1. The van der Waals surface area contributed by atoms with Crippen molar-refractivity contribution in [2.24, 2.45) is 23.7 Å². The Morgan fingerprint density at radius 3 is 2.38 bits per heavy atom. The fraction of sp³-hybridized carbons (Fsp3) is 0.324. The number of rotatable bonds is 8. The third kappa shape index (κ3) is 4.63. The highest BCUT2D eigenvalue weighted by atomic mass is 19.1. The first-order valence-corrected chi connectivity index (χ1v) is 16.1. The van der Waals surface area contributed by atoms with Crippen LogP contribution in [0.3, 0.4) is 0 Å². The van der Waals surface area contributed by atoms with Crippen molar-refractivity contribution in [1.82, 2.24) is 9.91 Å². The number of benzene rings is 3. The van der Waals surface area contributed by atoms with E-state index in [-0.39, 0.29) is 37.8 Å². The molecule has 2 aliphatic heterocycles. The molecule has 0 bridgehead atoms. The van der Waals surface area contributed by atoms with Crippen LogP contribution in [0.5, 0.6) is 5.75 Å². The van der Waals surface area contributed by atoms with Crippen LogP contribution in [0.15, 0.2) is 84.4 Å². The molecule has 11 heteroatoms. The lowest BCUT2D eigenvalue weighted by atomic mass is 9.49. The van der Waals surface area contributed by atoms with Gasteiger partial charge in [-0.05, 0) is 55.9 Å². The number of anilines is 1. The number of carboxylic acids is 1. The molecule has 2 aliphatic carbocycles. The number of hydrazine groups is 1. The lowest BCUT2D eigenvalue weighted by molar-refractivity contribution is -0.142. The van der Waals surface area contributed by atoms with Crippen molar-refractivity contribution in [2.75, 3.05) is 12.0 Å². The standard InChI is InChI=1S/C37H34FN3O7/c1-20-12-14-22(15-13-20)39-41-34(46)27-19-26-23(16-17-24-30(26)35(47)40(33(24)45)18-6-11-29(42)43)31(25-9-5-10-28(38)32(25)44)37(27,36(41)48)21-7-3-2-4-8-21/h2-5,7-10,12-16,24,26-27,30-31,39,44H,6,11,17-19H2,1H3,(H,42,43)/t24-,26+,27-,30-,31+,37+/m0/s1. The van der Waals surface area contributed by atoms with Gasteiger partial charge in [-0.2, -0.15) is 5.01 Å². The number of imide groups is 2. The summed E-state index contributed by atoms with van der Waals surface area (Å²) in [5, 5.41) is 21.4. The van der Waals surface area contributed by atoms with Crippen LogP contribution in [0.4, 0.5) is 10.1 Å². The van der Waals surface area contributed by atoms with Gasteiger partial charge in [-0.3, -0.25) is 34.3 Å². The van der Waals surface area contributed by atoms with E-state index < -0.39 is 76.2 Å². The number of aromatic hydroxyl groups is 1. The smallest absolute Gasteiger partial charge is 0.303 e. The number of para-hydroxylation sites is 1. The van der Waals surface area contributed by atoms with Crippen molar-refractivity contribution in [2.45, 2.75) is 43.9 Å². The van der Waals surface area contributed by atoms with Crippen LogP contribution in [0.2, 0.25) is 0 Å². The number of phenols is 1. The summed E-state index contributed by atoms with van der Waals surface area (Å²) in [7, 11) is 0. The van der Waals surface area contributed by atoms with E-state index in [1.807, 2.05) is 25.1 Å². The number of carbonyl (C=O) groups excluding carboxylic acids is 4. The monoisotopic (exact) mass is 651 g/mol. The predicted octanol–water partition coefficient (Wildman–Crippen LogP) is 4.69. The predicted molar refractivity (Wildman–Crippen MR) is 170 cm³/mol. The van der Waals surface area contributed by atoms with Crippen LogP contribution >= 0.6 is 0 Å². The molecule has 2 saturated heterocycles. The molecule has 0 unspecified atom stereocenters. The SMILES string of the molecule is Cc1ccc(NN2C(=O)[C@@H]3C[C@@H]4C(=CC[C@@H]5C(=O)N(CCCC(=O)O)C(=O)[C@@H]54)[C@H](c4cccc(F)c4O)[C@]3(c3ccccc3)C2=O)cc1. The van der Waals surface area contributed by atoms with Gasteiger partial charge in [-0.15, -0.1) is 0 Å². The Hall–Kier alpha value is -5.32. The highest BCUT2D eigenvalue weighted by Gasteiger charge is 2.70. The number of phenolic OH excluding ortho intramolecular Hbond substituents is 1. The molecule has 6 atom stereocenters. The largest absolute Gasteiger partial charge is 0.505 e. The number of carbonyl (C=O) groups is 5. The highest BCUT2D eigenvalue weighted by Crippen LogP contribution is 2.64. The Bertz CT molecular complexity index is 1880. The number of amides is 4. The maximum atomic E-state index is 15.2. The number of aryl methyl sites for hydroxylation is 1. The molecule has 10 nitrogen and oxygen atoms in total. The van der Waals surface area contributed by atoms with Gasteiger partial charge >= 0.3 is 5.97 Å². The Balaban J connectivity index is 1.40. The number of allylic oxidation sites excluding steroid dienone is 2. The minimum absolute atomic E-state index is 0.0455. The fourth-order valence-corrected chi connectivity index (χ4v) is 8.53. The van der Waals surface area contributed by atoms with Gasteiger partial charge in [0.2, 0.25) is 11.8 Å². The summed E-state index contributed by atoms with van der Waals surface area (Å²) in [6.45, 7) is 1.87. The molecule has 0 aromatic heterocycles. The maximum absolute atomic E-state index is 15.2. The number of likely N-dealkylation sites (tertiary alicyclic amines) is 1. The van der Waals surface area contributed by atoms with Gasteiger partial charge in [0.15, 0.2) is 11.6 Å². The topological polar surface area (TPSA) is 144 Å². The first-order valence-electron chi connectivity index (χ1n) is 16.1. The molecule has 0 spiro atoms. The van der Waals surface area contributed by atoms with Crippen LogP contribution in [-0.4, -0.2) is 56.3 Å². The van der Waals surface area contributed by atoms with Crippen LogP contribution in [0, 0.1) is 36.4 Å². The normalized spacial score (nSPS) is 27.8. The summed E-state index contributed by atoms with van der Waals surface area (Å²) in [5.41, 5.74) is 4.04. The van der Waals surface area contributed by atoms with Crippen molar-refractivity contribution >= 4 is 35.3 Å². The second-order valence-corrected chi connectivity index (χ2v) is 13.1. The molecule has 2 heterocycles. The van der Waals surface area contributed by atoms with E-state index in [1.165, 1.54) is 12.1 Å². The zero-order valence-corrected chi connectivity index (χ0v) is 26.1. The molecular formula is C37H34FN3O7. The Labute approximate surface area is 275 Å². The summed E-state index contributed by atoms with van der Waals surface area (Å²) >= 11 is 0. The Morgan fingerprint density at radius 2 is 1.67 bits per heavy atom. The molecule has 3 aromatic carbocycles. The van der Waals surface area contributed by atoms with Crippen LogP contribution < -0.4 is 5.43 Å². The Kier molecular flexibility index (Phi) is 7.65. The van der Waals surface area contributed by atoms with Gasteiger partial charge in [-0.25, -0.2) is 4.39 Å². The van der Waals surface area contributed by atoms with Gasteiger partial charge < -0.3 is 10.2 Å². The molecule has 4 amide bonds. The quantitative estimate of drug-likeness (QED) is 0.235. The van der Waals surface area contributed by atoms with E-state index in [1.54, 1.807) is 42.5 Å². The van der Waals surface area contributed by atoms with Crippen molar-refractivity contribution in [3.8, 4) is 5.75 Å². The first kappa shape index (κ1) is 31.3. The van der Waals surface area contributed by atoms with Gasteiger partial charge in [0.25, 0.3) is 11.8 Å². The summed E-state index contributed by atoms with van der Waals surface area (Å²) < 4.78 is 15.2. The van der Waals surface area contributed by atoms with Gasteiger partial charge in [-0.1, -0.05) is 71.8 Å². The summed E-state index contributed by atoms with van der Waals surface area (Å²) in [6, 6.07) is 20.0. The molecule has 7 rings (SSSR count). The van der Waals surface area contributed by atoms with Crippen LogP contribution in [-0.2, 0) is 29.4 Å². The molecule has 3 fully saturated rings. The number of fused-ring (bicyclic) bond motifs is 4. The average Bonchev–Trinajstić information content (AvgIpc) is 3.44. The maximum Gasteiger partial charge on any atom is 0.303 e. The molecule has 3 N–H and O–H groups in total. The summed E-state index contributed by atoms with van der Waals surface area (Å²) in [4.78, 5) is 69.5. The molecule has 3 aromatic rings. The minimum Gasteiger partial charge on any atom is -0.505 e. The van der Waals surface area contributed by atoms with Crippen LogP contribution in [0.25, 0.3) is 0 Å². The summed E-state index contributed by atoms with van der Waals surface area (Å²) in [5.74, 6) is -8.95. The molecule has 246 valence electrons. The highest BCUT2D eigenvalue weighted by molar-refractivity contribution is 6.13. The van der Waals surface area contributed by atoms with Crippen molar-refractivity contribution in [3.05, 3.63) is 107 Å².